The molecule has 0 spiro atoms. The Morgan fingerprint density at radius 1 is 1.03 bits per heavy atom. The van der Waals surface area contributed by atoms with Crippen LogP contribution in [0.1, 0.15) is 33.1 Å². The molecule has 9 heteroatoms. The number of aromatic nitrogens is 2. The average Bonchev–Trinajstić information content (AvgIpc) is 2.90. The second-order valence-corrected chi connectivity index (χ2v) is 8.02. The van der Waals surface area contributed by atoms with Crippen molar-refractivity contribution < 1.29 is 13.6 Å². The number of halogens is 2. The zero-order chi connectivity index (χ0) is 25.5. The molecule has 0 fully saturated rings. The van der Waals surface area contributed by atoms with Gasteiger partial charge in [-0.1, -0.05) is 18.2 Å². The van der Waals surface area contributed by atoms with Crippen LogP contribution in [0.15, 0.2) is 79.4 Å². The van der Waals surface area contributed by atoms with Crippen molar-refractivity contribution in [1.29, 1.82) is 5.26 Å². The highest BCUT2D eigenvalue weighted by Gasteiger charge is 2.18. The van der Waals surface area contributed by atoms with Crippen molar-refractivity contribution in [3.63, 3.8) is 0 Å². The molecule has 0 saturated carbocycles. The Balaban J connectivity index is 1.50. The number of amides is 1. The predicted molar refractivity (Wildman–Crippen MR) is 131 cm³/mol. The number of hydrogen-bond donors (Lipinski definition) is 3. The molecule has 1 amide bonds. The third-order valence-corrected chi connectivity index (χ3v) is 5.63. The van der Waals surface area contributed by atoms with Crippen molar-refractivity contribution in [2.45, 2.75) is 12.6 Å². The molecule has 0 aliphatic rings. The van der Waals surface area contributed by atoms with Crippen LogP contribution in [0.2, 0.25) is 0 Å². The first-order valence-electron chi connectivity index (χ1n) is 11.1. The summed E-state index contributed by atoms with van der Waals surface area (Å²) in [7, 11) is 0. The van der Waals surface area contributed by atoms with Gasteiger partial charge in [0.2, 0.25) is 0 Å². The Hall–Kier alpha value is -4.68. The molecule has 2 aromatic carbocycles. The maximum absolute atomic E-state index is 14.8. The van der Waals surface area contributed by atoms with E-state index in [4.69, 9.17) is 5.73 Å². The number of carbonyl (C=O) groups excluding carboxylic acids is 1. The first kappa shape index (κ1) is 24.4. The molecular formula is C27H22F2N6O. The van der Waals surface area contributed by atoms with Gasteiger partial charge in [0.05, 0.1) is 17.2 Å². The van der Waals surface area contributed by atoms with E-state index in [-0.39, 0.29) is 24.6 Å². The summed E-state index contributed by atoms with van der Waals surface area (Å²) >= 11 is 0. The molecule has 0 radical (unpaired) electrons. The Bertz CT molecular complexity index is 1420. The number of nitrogens with two attached hydrogens (primary N) is 1. The number of rotatable bonds is 8. The topological polar surface area (TPSA) is 117 Å². The fraction of sp³-hybridized carbons (Fsp3) is 0.111. The highest BCUT2D eigenvalue weighted by Crippen LogP contribution is 2.26. The Labute approximate surface area is 206 Å². The van der Waals surface area contributed by atoms with E-state index in [0.29, 0.717) is 33.5 Å². The van der Waals surface area contributed by atoms with E-state index in [9.17, 15) is 18.8 Å². The predicted octanol–water partition coefficient (Wildman–Crippen LogP) is 4.14. The zero-order valence-corrected chi connectivity index (χ0v) is 19.1. The van der Waals surface area contributed by atoms with Crippen molar-refractivity contribution in [2.75, 3.05) is 12.3 Å². The smallest absolute Gasteiger partial charge is 0.253 e. The summed E-state index contributed by atoms with van der Waals surface area (Å²) in [4.78, 5) is 20.7. The molecule has 0 unspecified atom stereocenters. The van der Waals surface area contributed by atoms with Gasteiger partial charge < -0.3 is 16.4 Å². The maximum Gasteiger partial charge on any atom is 0.253 e. The number of nitrogens with zero attached hydrogens (tertiary/aromatic N) is 3. The third kappa shape index (κ3) is 5.68. The quantitative estimate of drug-likeness (QED) is 0.346. The summed E-state index contributed by atoms with van der Waals surface area (Å²) in [5.41, 5.74) is 8.87. The minimum atomic E-state index is -0.650. The van der Waals surface area contributed by atoms with Crippen molar-refractivity contribution in [3.05, 3.63) is 113 Å². The monoisotopic (exact) mass is 484 g/mol. The summed E-state index contributed by atoms with van der Waals surface area (Å²) in [5, 5.41) is 15.2. The van der Waals surface area contributed by atoms with Crippen LogP contribution in [0, 0.1) is 23.0 Å². The minimum absolute atomic E-state index is 0.135. The zero-order valence-electron chi connectivity index (χ0n) is 19.1. The molecule has 1 atom stereocenters. The summed E-state index contributed by atoms with van der Waals surface area (Å²) in [6.45, 7) is 0.361. The van der Waals surface area contributed by atoms with Crippen LogP contribution in [0.25, 0.3) is 11.1 Å². The van der Waals surface area contributed by atoms with Crippen LogP contribution < -0.4 is 16.4 Å². The average molecular weight is 485 g/mol. The van der Waals surface area contributed by atoms with E-state index in [1.165, 1.54) is 30.5 Å². The second-order valence-electron chi connectivity index (χ2n) is 8.02. The summed E-state index contributed by atoms with van der Waals surface area (Å²) in [6, 6.07) is 15.0. The molecule has 2 heterocycles. The summed E-state index contributed by atoms with van der Waals surface area (Å²) < 4.78 is 28.7. The van der Waals surface area contributed by atoms with Crippen molar-refractivity contribution in [3.8, 4) is 17.2 Å². The van der Waals surface area contributed by atoms with Crippen LogP contribution in [-0.4, -0.2) is 22.4 Å². The highest BCUT2D eigenvalue weighted by molar-refractivity contribution is 5.94. The van der Waals surface area contributed by atoms with Gasteiger partial charge in [0.15, 0.2) is 0 Å². The second kappa shape index (κ2) is 11.2. The fourth-order valence-corrected chi connectivity index (χ4v) is 3.69. The fourth-order valence-electron chi connectivity index (χ4n) is 3.69. The first-order chi connectivity index (χ1) is 17.5. The molecule has 2 aromatic heterocycles. The summed E-state index contributed by atoms with van der Waals surface area (Å²) in [5.74, 6) is -1.46. The number of benzene rings is 2. The number of anilines is 1. The van der Waals surface area contributed by atoms with Crippen LogP contribution >= 0.6 is 0 Å². The molecular weight excluding hydrogens is 462 g/mol. The molecule has 0 saturated heterocycles. The van der Waals surface area contributed by atoms with E-state index < -0.39 is 17.7 Å². The van der Waals surface area contributed by atoms with Gasteiger partial charge in [0.1, 0.15) is 17.7 Å². The lowest BCUT2D eigenvalue weighted by molar-refractivity contribution is 0.0935. The summed E-state index contributed by atoms with van der Waals surface area (Å²) in [6.07, 6.45) is 6.13. The van der Waals surface area contributed by atoms with Crippen molar-refractivity contribution >= 4 is 11.6 Å². The van der Waals surface area contributed by atoms with Crippen LogP contribution in [0.4, 0.5) is 14.5 Å². The number of carbonyl (C=O) groups is 1. The van der Waals surface area contributed by atoms with Gasteiger partial charge >= 0.3 is 0 Å². The first-order valence-corrected chi connectivity index (χ1v) is 11.1. The lowest BCUT2D eigenvalue weighted by Crippen LogP contribution is -2.35. The Kier molecular flexibility index (Phi) is 7.58. The van der Waals surface area contributed by atoms with Crippen LogP contribution in [-0.2, 0) is 6.54 Å². The van der Waals surface area contributed by atoms with E-state index in [2.05, 4.69) is 20.6 Å². The van der Waals surface area contributed by atoms with E-state index >= 15 is 0 Å². The van der Waals surface area contributed by atoms with Gasteiger partial charge in [-0.05, 0) is 47.5 Å². The van der Waals surface area contributed by atoms with E-state index in [1.807, 2.05) is 0 Å². The molecule has 7 nitrogen and oxygen atoms in total. The van der Waals surface area contributed by atoms with Crippen molar-refractivity contribution in [1.82, 2.24) is 20.6 Å². The van der Waals surface area contributed by atoms with Gasteiger partial charge in [0.25, 0.3) is 5.91 Å². The normalized spacial score (nSPS) is 11.5. The molecule has 4 N–H and O–H groups in total. The van der Waals surface area contributed by atoms with Gasteiger partial charge in [-0.3, -0.25) is 14.8 Å². The Morgan fingerprint density at radius 2 is 1.86 bits per heavy atom. The largest absolute Gasteiger partial charge is 0.398 e. The number of pyridine rings is 2. The molecule has 180 valence electrons. The molecule has 4 rings (SSSR count). The number of nitrogen functional groups attached to an aromatic ring is 1. The Morgan fingerprint density at radius 3 is 2.58 bits per heavy atom. The van der Waals surface area contributed by atoms with Gasteiger partial charge in [-0.15, -0.1) is 0 Å². The van der Waals surface area contributed by atoms with Gasteiger partial charge in [0, 0.05) is 54.7 Å². The molecule has 36 heavy (non-hydrogen) atoms. The third-order valence-electron chi connectivity index (χ3n) is 5.63. The van der Waals surface area contributed by atoms with E-state index in [1.54, 1.807) is 55.0 Å². The van der Waals surface area contributed by atoms with Crippen molar-refractivity contribution in [2.24, 2.45) is 0 Å². The molecule has 0 aliphatic heterocycles. The number of nitriles is 1. The highest BCUT2D eigenvalue weighted by atomic mass is 19.1. The maximum atomic E-state index is 14.8. The standard InChI is InChI=1S/C27H22F2N6O/c28-23-6-5-18(10-21(23)12-30)26(35-27(36)20-2-1-8-32-14-20)16-34-13-19-4-3-17(11-24(19)29)22-15-33-9-7-25(22)31/h1-11,14-15,26,34H,13,16H2,(H2,31,33)(H,35,36)/t26-/m1/s1. The lowest BCUT2D eigenvalue weighted by atomic mass is 10.0. The molecule has 0 aliphatic carbocycles. The minimum Gasteiger partial charge on any atom is -0.398 e. The van der Waals surface area contributed by atoms with Gasteiger partial charge in [-0.2, -0.15) is 5.26 Å². The van der Waals surface area contributed by atoms with E-state index in [0.717, 1.165) is 0 Å². The number of nitrogens with one attached hydrogen (secondary N) is 2. The number of hydrogen-bond acceptors (Lipinski definition) is 6. The SMILES string of the molecule is N#Cc1cc([C@@H](CNCc2ccc(-c3cnccc3N)cc2F)NC(=O)c2cccnc2)ccc1F. The van der Waals surface area contributed by atoms with Crippen LogP contribution in [0.3, 0.4) is 0 Å². The lowest BCUT2D eigenvalue weighted by Gasteiger charge is -2.20. The van der Waals surface area contributed by atoms with Crippen LogP contribution in [0.5, 0.6) is 0 Å². The molecule has 4 aromatic rings. The molecule has 0 bridgehead atoms. The van der Waals surface area contributed by atoms with Gasteiger partial charge in [-0.25, -0.2) is 8.78 Å².